The second-order valence-electron chi connectivity index (χ2n) is 7.70. The van der Waals surface area contributed by atoms with Crippen LogP contribution >= 0.6 is 11.7 Å². The number of nitrogens with zero attached hydrogens (tertiary/aromatic N) is 2. The van der Waals surface area contributed by atoms with Crippen LogP contribution in [-0.2, 0) is 21.7 Å². The zero-order valence-corrected chi connectivity index (χ0v) is 18.3. The lowest BCUT2D eigenvalue weighted by Crippen LogP contribution is -2.29. The second kappa shape index (κ2) is 7.85. The fraction of sp³-hybridized carbons (Fsp3) is 0.160. The van der Waals surface area contributed by atoms with Gasteiger partial charge in [0.05, 0.1) is 24.4 Å². The van der Waals surface area contributed by atoms with Crippen LogP contribution in [0.1, 0.15) is 22.3 Å². The minimum atomic E-state index is -1.86. The highest BCUT2D eigenvalue weighted by Gasteiger charge is 2.48. The van der Waals surface area contributed by atoms with Gasteiger partial charge in [-0.3, -0.25) is 0 Å². The van der Waals surface area contributed by atoms with E-state index in [9.17, 15) is 9.90 Å². The van der Waals surface area contributed by atoms with Crippen LogP contribution in [0.25, 0.3) is 16.6 Å². The smallest absolute Gasteiger partial charge is 0.342 e. The normalized spacial score (nSPS) is 18.3. The van der Waals surface area contributed by atoms with Gasteiger partial charge in [0.15, 0.2) is 0 Å². The molecule has 4 aromatic rings. The van der Waals surface area contributed by atoms with Crippen molar-refractivity contribution in [1.29, 1.82) is 0 Å². The van der Waals surface area contributed by atoms with Gasteiger partial charge in [0.25, 0.3) is 5.79 Å². The Morgan fingerprint density at radius 2 is 1.81 bits per heavy atom. The Bertz CT molecular complexity index is 1360. The summed E-state index contributed by atoms with van der Waals surface area (Å²) in [6.45, 7) is 1.96. The first-order chi connectivity index (χ1) is 15.5. The third-order valence-corrected chi connectivity index (χ3v) is 6.26. The average molecular weight is 445 g/mol. The van der Waals surface area contributed by atoms with Crippen molar-refractivity contribution < 1.29 is 19.4 Å². The molecule has 5 rings (SSSR count). The van der Waals surface area contributed by atoms with Crippen molar-refractivity contribution >= 4 is 34.3 Å². The predicted octanol–water partition coefficient (Wildman–Crippen LogP) is 4.41. The van der Waals surface area contributed by atoms with Gasteiger partial charge in [0, 0.05) is 17.6 Å². The molecule has 0 spiro atoms. The number of rotatable bonds is 5. The summed E-state index contributed by atoms with van der Waals surface area (Å²) < 4.78 is 19.5. The number of hydrogen-bond acceptors (Lipinski definition) is 7. The molecule has 3 aromatic carbocycles. The van der Waals surface area contributed by atoms with Gasteiger partial charge in [0.2, 0.25) is 0 Å². The number of methoxy groups -OCH3 is 1. The fourth-order valence-electron chi connectivity index (χ4n) is 4.13. The summed E-state index contributed by atoms with van der Waals surface area (Å²) in [5, 5.41) is 11.7. The first kappa shape index (κ1) is 20.4. The molecule has 2 heterocycles. The molecule has 0 bridgehead atoms. The van der Waals surface area contributed by atoms with Gasteiger partial charge >= 0.3 is 5.97 Å². The third kappa shape index (κ3) is 3.36. The summed E-state index contributed by atoms with van der Waals surface area (Å²) >= 11 is 1.12. The van der Waals surface area contributed by atoms with Gasteiger partial charge < -0.3 is 14.6 Å². The molecule has 0 amide bonds. The molecular weight excluding hydrogens is 424 g/mol. The number of aliphatic hydroxyl groups is 1. The lowest BCUT2D eigenvalue weighted by Gasteiger charge is -2.25. The lowest BCUT2D eigenvalue weighted by atomic mass is 9.87. The van der Waals surface area contributed by atoms with Gasteiger partial charge in [-0.25, -0.2) is 4.79 Å². The quantitative estimate of drug-likeness (QED) is 0.460. The maximum absolute atomic E-state index is 13.1. The van der Waals surface area contributed by atoms with E-state index in [2.05, 4.69) is 8.75 Å². The van der Waals surface area contributed by atoms with Crippen molar-refractivity contribution in [3.8, 4) is 5.75 Å². The summed E-state index contributed by atoms with van der Waals surface area (Å²) in [4.78, 5) is 13.1. The largest absolute Gasteiger partial charge is 0.496 e. The number of esters is 1. The summed E-state index contributed by atoms with van der Waals surface area (Å²) in [7, 11) is 1.63. The zero-order valence-electron chi connectivity index (χ0n) is 17.5. The molecule has 1 aliphatic heterocycles. The molecule has 0 aliphatic carbocycles. The van der Waals surface area contributed by atoms with Crippen LogP contribution in [0.5, 0.6) is 5.75 Å². The van der Waals surface area contributed by atoms with Crippen LogP contribution < -0.4 is 4.74 Å². The first-order valence-corrected chi connectivity index (χ1v) is 10.8. The first-order valence-electron chi connectivity index (χ1n) is 10.1. The van der Waals surface area contributed by atoms with E-state index in [0.717, 1.165) is 34.1 Å². The van der Waals surface area contributed by atoms with Gasteiger partial charge in [-0.2, -0.15) is 8.75 Å². The van der Waals surface area contributed by atoms with Crippen LogP contribution in [0.3, 0.4) is 0 Å². The molecule has 0 saturated carbocycles. The number of fused-ring (bicyclic) bond motifs is 1. The van der Waals surface area contributed by atoms with Gasteiger partial charge in [-0.1, -0.05) is 48.5 Å². The molecular formula is C25H20N2O4S. The highest BCUT2D eigenvalue weighted by molar-refractivity contribution is 7.00. The second-order valence-corrected chi connectivity index (χ2v) is 8.23. The molecule has 1 aliphatic rings. The minimum Gasteiger partial charge on any atom is -0.496 e. The SMILES string of the molecule is COc1ccc(CC2=C(c3ccc4nsnc4c3)C(=O)OC2(O)c2ccccc2)cc1C. The molecule has 32 heavy (non-hydrogen) atoms. The van der Waals surface area contributed by atoms with Crippen LogP contribution in [0.2, 0.25) is 0 Å². The molecule has 7 heteroatoms. The number of ether oxygens (including phenoxy) is 2. The Labute approximate surface area is 189 Å². The van der Waals surface area contributed by atoms with Gasteiger partial charge in [0.1, 0.15) is 16.8 Å². The zero-order chi connectivity index (χ0) is 22.3. The van der Waals surface area contributed by atoms with Crippen molar-refractivity contribution in [3.63, 3.8) is 0 Å². The van der Waals surface area contributed by atoms with Crippen molar-refractivity contribution in [1.82, 2.24) is 8.75 Å². The molecule has 160 valence electrons. The molecule has 0 saturated heterocycles. The summed E-state index contributed by atoms with van der Waals surface area (Å²) in [6.07, 6.45) is 0.324. The summed E-state index contributed by atoms with van der Waals surface area (Å²) in [6, 6.07) is 20.2. The van der Waals surface area contributed by atoms with Crippen LogP contribution in [0.4, 0.5) is 0 Å². The summed E-state index contributed by atoms with van der Waals surface area (Å²) in [5.74, 6) is -1.66. The standard InChI is InChI=1S/C25H20N2O4S/c1-15-12-16(8-11-22(15)30-2)13-19-23(17-9-10-20-21(14-17)27-32-26-20)24(28)31-25(19,29)18-6-4-3-5-7-18/h3-12,14,29H,13H2,1-2H3. The Morgan fingerprint density at radius 3 is 2.56 bits per heavy atom. The molecule has 6 nitrogen and oxygen atoms in total. The minimum absolute atomic E-state index is 0.324. The van der Waals surface area contributed by atoms with Crippen LogP contribution in [0.15, 0.2) is 72.3 Å². The van der Waals surface area contributed by atoms with E-state index in [1.807, 2.05) is 49.4 Å². The van der Waals surface area contributed by atoms with Gasteiger partial charge in [-0.15, -0.1) is 0 Å². The lowest BCUT2D eigenvalue weighted by molar-refractivity contribution is -0.185. The van der Waals surface area contributed by atoms with E-state index >= 15 is 0 Å². The number of cyclic esters (lactones) is 1. The molecule has 1 atom stereocenters. The van der Waals surface area contributed by atoms with Crippen molar-refractivity contribution in [3.05, 3.63) is 94.6 Å². The Balaban J connectivity index is 1.69. The fourth-order valence-corrected chi connectivity index (χ4v) is 4.65. The third-order valence-electron chi connectivity index (χ3n) is 5.70. The number of carbonyl (C=O) groups excluding carboxylic acids is 1. The highest BCUT2D eigenvalue weighted by atomic mass is 32.1. The molecule has 1 aromatic heterocycles. The van der Waals surface area contributed by atoms with Crippen LogP contribution in [0, 0.1) is 6.92 Å². The number of aromatic nitrogens is 2. The average Bonchev–Trinajstić information content (AvgIpc) is 3.36. The Kier molecular flexibility index (Phi) is 5.00. The Morgan fingerprint density at radius 1 is 1.03 bits per heavy atom. The van der Waals surface area contributed by atoms with Crippen molar-refractivity contribution in [2.75, 3.05) is 7.11 Å². The molecule has 0 radical (unpaired) electrons. The number of carbonyl (C=O) groups is 1. The highest BCUT2D eigenvalue weighted by Crippen LogP contribution is 2.45. The van der Waals surface area contributed by atoms with E-state index in [0.29, 0.717) is 34.2 Å². The number of hydrogen-bond donors (Lipinski definition) is 1. The Hall–Kier alpha value is -3.55. The number of benzene rings is 3. The van der Waals surface area contributed by atoms with Crippen molar-refractivity contribution in [2.24, 2.45) is 0 Å². The maximum atomic E-state index is 13.1. The van der Waals surface area contributed by atoms with Crippen LogP contribution in [-0.4, -0.2) is 26.9 Å². The maximum Gasteiger partial charge on any atom is 0.342 e. The van der Waals surface area contributed by atoms with Crippen molar-refractivity contribution in [2.45, 2.75) is 19.1 Å². The topological polar surface area (TPSA) is 81.5 Å². The van der Waals surface area contributed by atoms with E-state index in [1.165, 1.54) is 0 Å². The van der Waals surface area contributed by atoms with E-state index in [1.54, 1.807) is 31.4 Å². The van der Waals surface area contributed by atoms with Gasteiger partial charge in [-0.05, 0) is 41.8 Å². The molecule has 1 N–H and O–H groups in total. The van der Waals surface area contributed by atoms with E-state index in [-0.39, 0.29) is 0 Å². The van der Waals surface area contributed by atoms with E-state index < -0.39 is 11.8 Å². The predicted molar refractivity (Wildman–Crippen MR) is 122 cm³/mol. The monoisotopic (exact) mass is 444 g/mol. The molecule has 1 unspecified atom stereocenters. The molecule has 0 fully saturated rings. The number of aryl methyl sites for hydroxylation is 1. The van der Waals surface area contributed by atoms with E-state index in [4.69, 9.17) is 9.47 Å². The summed E-state index contributed by atoms with van der Waals surface area (Å²) in [5.41, 5.74) is 5.33.